The van der Waals surface area contributed by atoms with Gasteiger partial charge in [-0.05, 0) is 0 Å². The van der Waals surface area contributed by atoms with Crippen LogP contribution in [-0.4, -0.2) is 104 Å². The van der Waals surface area contributed by atoms with Gasteiger partial charge in [0.2, 0.25) is 0 Å². The Bertz CT molecular complexity index is 1880. The summed E-state index contributed by atoms with van der Waals surface area (Å²) in [5.41, 5.74) is 0.204. The van der Waals surface area contributed by atoms with Crippen LogP contribution < -0.4 is 0 Å². The first-order chi connectivity index (χ1) is 29.6. The number of Topliss-reactive ketones (excluding diaryl/α,β-unsaturated/α-hetero) is 8. The molecule has 0 unspecified atom stereocenters. The van der Waals surface area contributed by atoms with Gasteiger partial charge in [0.1, 0.15) is 0 Å². The Morgan fingerprint density at radius 2 is 0.439 bits per heavy atom. The van der Waals surface area contributed by atoms with Crippen molar-refractivity contribution in [2.24, 2.45) is 0 Å². The number of halogens is 12. The molecule has 66 heavy (non-hydrogen) atoms. The monoisotopic (exact) mass is 1090 g/mol. The largest absolute Gasteiger partial charge is 3.00 e. The summed E-state index contributed by atoms with van der Waals surface area (Å²) in [6.45, 7) is 0. The number of carbonyl (C=O) groups excluding carboxylic acids is 8. The fourth-order valence-electron chi connectivity index (χ4n) is 3.55. The van der Waals surface area contributed by atoms with E-state index in [1.165, 1.54) is 97.1 Å². The van der Waals surface area contributed by atoms with Gasteiger partial charge in [0.25, 0.3) is 0 Å². The van der Waals surface area contributed by atoms with Gasteiger partial charge in [-0.3, -0.25) is 0 Å². The van der Waals surface area contributed by atoms with E-state index in [-0.39, 0.29) is 97.3 Å². The van der Waals surface area contributed by atoms with E-state index in [0.29, 0.717) is 0 Å². The second-order valence-electron chi connectivity index (χ2n) is 13.6. The minimum atomic E-state index is -5.00. The SMILES string of the molecule is C[N+](C)(C)C.O=C([CH-]C(=O)C(F)(F)F)c1ccccc1.O=C([CH-]C(=O)C(F)(F)F)c1ccccc1.O=C([CH-]C(=O)C(F)(F)F)c1ccccc1.O=C([CH-]C(=O)C(F)(F)F)c1ccccc1.[Eu+3]. The predicted octanol–water partition coefficient (Wildman–Crippen LogP) is 9.14. The van der Waals surface area contributed by atoms with Gasteiger partial charge in [-0.2, -0.15) is 52.7 Å². The third-order valence-electron chi connectivity index (χ3n) is 6.40. The van der Waals surface area contributed by atoms with Crippen LogP contribution in [0.3, 0.4) is 0 Å². The molecule has 356 valence electrons. The van der Waals surface area contributed by atoms with Gasteiger partial charge < -0.3 is 42.8 Å². The van der Waals surface area contributed by atoms with E-state index in [0.717, 1.165) is 4.48 Å². The molecule has 0 heterocycles. The molecule has 0 aliphatic rings. The third kappa shape index (κ3) is 28.4. The summed E-state index contributed by atoms with van der Waals surface area (Å²) in [4.78, 5) is 86.3. The predicted molar refractivity (Wildman–Crippen MR) is 208 cm³/mol. The molecule has 0 atom stereocenters. The number of hydrogen-bond acceptors (Lipinski definition) is 8. The van der Waals surface area contributed by atoms with Crippen molar-refractivity contribution in [1.82, 2.24) is 0 Å². The average molecular weight is 1090 g/mol. The standard InChI is InChI=1S/4C10H6F3O2.C4H12N.Eu/c4*11-10(12,13)9(15)6-8(14)7-4-2-1-3-5-7;1-5(2,3)4;/h4*1-6H;1-4H3;/q4*-1;+1;+3. The molecule has 0 aromatic heterocycles. The zero-order valence-electron chi connectivity index (χ0n) is 34.5. The molecule has 0 amide bonds. The second-order valence-corrected chi connectivity index (χ2v) is 13.6. The molecule has 0 radical (unpaired) electrons. The van der Waals surface area contributed by atoms with Crippen LogP contribution in [0.4, 0.5) is 52.7 Å². The summed E-state index contributed by atoms with van der Waals surface area (Å²) in [6, 6.07) is 29.1. The van der Waals surface area contributed by atoms with Gasteiger partial charge in [0.15, 0.2) is 23.1 Å². The summed E-state index contributed by atoms with van der Waals surface area (Å²) >= 11 is 0. The maximum absolute atomic E-state index is 11.8. The molecular weight excluding hydrogens is 1050 g/mol. The number of alkyl halides is 12. The van der Waals surface area contributed by atoms with Gasteiger partial charge in [-0.25, -0.2) is 0 Å². The van der Waals surface area contributed by atoms with Gasteiger partial charge in [0, 0.05) is 23.1 Å². The van der Waals surface area contributed by atoms with E-state index in [1.807, 2.05) is 0 Å². The van der Waals surface area contributed by atoms with Crippen LogP contribution in [0, 0.1) is 75.1 Å². The Kier molecular flexibility index (Phi) is 27.0. The molecule has 0 spiro atoms. The summed E-state index contributed by atoms with van der Waals surface area (Å²) < 4.78 is 143. The Morgan fingerprint density at radius 1 is 0.318 bits per heavy atom. The molecule has 0 fully saturated rings. The number of ketones is 8. The van der Waals surface area contributed by atoms with Crippen molar-refractivity contribution < 1.29 is 145 Å². The Morgan fingerprint density at radius 3 is 0.545 bits per heavy atom. The summed E-state index contributed by atoms with van der Waals surface area (Å²) in [5.74, 6) is -12.4. The van der Waals surface area contributed by atoms with Crippen molar-refractivity contribution in [1.29, 1.82) is 0 Å². The van der Waals surface area contributed by atoms with E-state index < -0.39 is 71.0 Å². The van der Waals surface area contributed by atoms with Crippen LogP contribution in [0.25, 0.3) is 0 Å². The van der Waals surface area contributed by atoms with Crippen LogP contribution in [0.5, 0.6) is 0 Å². The summed E-state index contributed by atoms with van der Waals surface area (Å²) in [6.07, 6.45) is -19.8. The van der Waals surface area contributed by atoms with Crippen LogP contribution >= 0.6 is 0 Å². The van der Waals surface area contributed by atoms with E-state index in [2.05, 4.69) is 28.2 Å². The maximum Gasteiger partial charge on any atom is 3.00 e. The Labute approximate surface area is 410 Å². The fraction of sp³-hybridized carbons (Fsp3) is 0.182. The number of benzene rings is 4. The maximum atomic E-state index is 11.8. The molecule has 22 heteroatoms. The second kappa shape index (κ2) is 28.5. The van der Waals surface area contributed by atoms with Gasteiger partial charge in [-0.15, -0.1) is 96.5 Å². The van der Waals surface area contributed by atoms with Crippen molar-refractivity contribution in [2.75, 3.05) is 28.2 Å². The summed E-state index contributed by atoms with van der Waals surface area (Å²) in [5, 5.41) is 0. The number of hydrogen-bond donors (Lipinski definition) is 0. The van der Waals surface area contributed by atoms with Gasteiger partial charge in [0.05, 0.1) is 28.2 Å². The topological polar surface area (TPSA) is 137 Å². The quantitative estimate of drug-likeness (QED) is 0.0451. The van der Waals surface area contributed by atoms with E-state index in [4.69, 9.17) is 0 Å². The zero-order valence-corrected chi connectivity index (χ0v) is 36.9. The summed E-state index contributed by atoms with van der Waals surface area (Å²) in [7, 11) is 8.50. The molecule has 0 saturated carbocycles. The first kappa shape index (κ1) is 62.5. The fourth-order valence-corrected chi connectivity index (χ4v) is 3.55. The molecular formula is C44H36EuF12NO8. The van der Waals surface area contributed by atoms with Crippen molar-refractivity contribution in [3.63, 3.8) is 0 Å². The van der Waals surface area contributed by atoms with E-state index >= 15 is 0 Å². The molecule has 0 saturated heterocycles. The van der Waals surface area contributed by atoms with Crippen LogP contribution in [-0.2, 0) is 19.2 Å². The molecule has 0 aliphatic carbocycles. The van der Waals surface area contributed by atoms with Crippen molar-refractivity contribution in [3.8, 4) is 0 Å². The number of quaternary nitrogens is 1. The molecule has 4 aromatic carbocycles. The molecule has 4 rings (SSSR count). The zero-order chi connectivity index (χ0) is 50.4. The Balaban J connectivity index is 0. The minimum Gasteiger partial charge on any atom is -0.333 e. The van der Waals surface area contributed by atoms with Crippen LogP contribution in [0.1, 0.15) is 41.4 Å². The molecule has 0 N–H and O–H groups in total. The smallest absolute Gasteiger partial charge is 0.333 e. The average Bonchev–Trinajstić information content (AvgIpc) is 3.20. The molecule has 9 nitrogen and oxygen atoms in total. The van der Waals surface area contributed by atoms with Gasteiger partial charge >= 0.3 is 74.1 Å². The van der Waals surface area contributed by atoms with Gasteiger partial charge in [-0.1, -0.05) is 72.8 Å². The molecule has 4 aromatic rings. The van der Waals surface area contributed by atoms with Crippen LogP contribution in [0.2, 0.25) is 0 Å². The minimum absolute atomic E-state index is 0. The van der Waals surface area contributed by atoms with Crippen LogP contribution in [0.15, 0.2) is 121 Å². The molecule has 0 aliphatic heterocycles. The van der Waals surface area contributed by atoms with E-state index in [9.17, 15) is 91.0 Å². The Hall–Kier alpha value is -5.58. The third-order valence-corrected chi connectivity index (χ3v) is 6.40. The normalized spacial score (nSPS) is 10.8. The van der Waals surface area contributed by atoms with Crippen molar-refractivity contribution in [2.45, 2.75) is 24.7 Å². The first-order valence-electron chi connectivity index (χ1n) is 17.6. The number of carbonyl (C=O) groups is 8. The number of rotatable bonds is 12. The molecule has 0 bridgehead atoms. The van der Waals surface area contributed by atoms with E-state index in [1.54, 1.807) is 24.3 Å². The van der Waals surface area contributed by atoms with Crippen molar-refractivity contribution in [3.05, 3.63) is 169 Å². The van der Waals surface area contributed by atoms with Crippen molar-refractivity contribution >= 4 is 46.3 Å². The first-order valence-corrected chi connectivity index (χ1v) is 17.6. The number of nitrogens with zero attached hydrogens (tertiary/aromatic N) is 1.